The summed E-state index contributed by atoms with van der Waals surface area (Å²) >= 11 is 0. The van der Waals surface area contributed by atoms with Gasteiger partial charge in [0.1, 0.15) is 6.42 Å². The lowest BCUT2D eigenvalue weighted by atomic mass is 10.1. The highest BCUT2D eigenvalue weighted by Crippen LogP contribution is 2.23. The number of alkyl halides is 3. The molecule has 1 aromatic rings. The molecule has 96 valence electrons. The number of rotatable bonds is 2. The smallest absolute Gasteiger partial charge is 0.338 e. The van der Waals surface area contributed by atoms with Crippen LogP contribution in [0.15, 0.2) is 4.52 Å². The molecule has 0 aliphatic carbocycles. The van der Waals surface area contributed by atoms with E-state index < -0.39 is 12.6 Å². The molecule has 4 nitrogen and oxygen atoms in total. The van der Waals surface area contributed by atoms with Crippen LogP contribution in [0.25, 0.3) is 0 Å². The first kappa shape index (κ1) is 12.3. The van der Waals surface area contributed by atoms with Crippen LogP contribution in [0, 0.1) is 0 Å². The fourth-order valence-corrected chi connectivity index (χ4v) is 1.90. The second-order valence-electron chi connectivity index (χ2n) is 4.20. The monoisotopic (exact) mass is 249 g/mol. The Kier molecular flexibility index (Phi) is 3.66. The van der Waals surface area contributed by atoms with E-state index in [-0.39, 0.29) is 17.8 Å². The zero-order valence-electron chi connectivity index (χ0n) is 9.26. The van der Waals surface area contributed by atoms with Crippen molar-refractivity contribution in [2.24, 2.45) is 0 Å². The van der Waals surface area contributed by atoms with E-state index in [2.05, 4.69) is 15.5 Å². The van der Waals surface area contributed by atoms with Gasteiger partial charge < -0.3 is 9.84 Å². The second kappa shape index (κ2) is 5.03. The predicted octanol–water partition coefficient (Wildman–Crippen LogP) is 2.38. The minimum absolute atomic E-state index is 0.105. The van der Waals surface area contributed by atoms with Crippen LogP contribution in [0.2, 0.25) is 0 Å². The van der Waals surface area contributed by atoms with E-state index in [1.54, 1.807) is 0 Å². The van der Waals surface area contributed by atoms with Crippen molar-refractivity contribution < 1.29 is 17.7 Å². The standard InChI is InChI=1S/C10H14F3N3O/c11-10(12,13)6-8-15-9(17-16-8)7-4-2-1-3-5-14-7/h7,14H,1-6H2. The van der Waals surface area contributed by atoms with Crippen LogP contribution in [-0.2, 0) is 6.42 Å². The van der Waals surface area contributed by atoms with E-state index in [1.807, 2.05) is 0 Å². The second-order valence-corrected chi connectivity index (χ2v) is 4.20. The third-order valence-corrected chi connectivity index (χ3v) is 2.70. The van der Waals surface area contributed by atoms with Crippen molar-refractivity contribution in [3.63, 3.8) is 0 Å². The molecule has 0 bridgehead atoms. The molecule has 0 radical (unpaired) electrons. The molecule has 1 aromatic heterocycles. The van der Waals surface area contributed by atoms with E-state index in [0.29, 0.717) is 0 Å². The van der Waals surface area contributed by atoms with Crippen LogP contribution in [0.3, 0.4) is 0 Å². The number of halogens is 3. The highest BCUT2D eigenvalue weighted by atomic mass is 19.4. The van der Waals surface area contributed by atoms with Crippen molar-refractivity contribution in [2.75, 3.05) is 6.54 Å². The molecule has 17 heavy (non-hydrogen) atoms. The van der Waals surface area contributed by atoms with Crippen LogP contribution in [0.5, 0.6) is 0 Å². The summed E-state index contributed by atoms with van der Waals surface area (Å²) in [5, 5.41) is 6.56. The Morgan fingerprint density at radius 1 is 1.29 bits per heavy atom. The summed E-state index contributed by atoms with van der Waals surface area (Å²) in [5.41, 5.74) is 0. The minimum atomic E-state index is -4.29. The summed E-state index contributed by atoms with van der Waals surface area (Å²) in [6.07, 6.45) is -1.39. The van der Waals surface area contributed by atoms with Gasteiger partial charge in [0.15, 0.2) is 5.82 Å². The molecule has 2 heterocycles. The third-order valence-electron chi connectivity index (χ3n) is 2.70. The highest BCUT2D eigenvalue weighted by Gasteiger charge is 2.31. The quantitative estimate of drug-likeness (QED) is 0.874. The van der Waals surface area contributed by atoms with Crippen LogP contribution < -0.4 is 5.32 Å². The summed E-state index contributed by atoms with van der Waals surface area (Å²) in [6.45, 7) is 0.835. The van der Waals surface area contributed by atoms with Crippen molar-refractivity contribution in [2.45, 2.75) is 44.3 Å². The number of nitrogens with zero attached hydrogens (tertiary/aromatic N) is 2. The Bertz CT molecular complexity index is 356. The fraction of sp³-hybridized carbons (Fsp3) is 0.800. The molecule has 1 saturated heterocycles. The van der Waals surface area contributed by atoms with Crippen molar-refractivity contribution >= 4 is 0 Å². The maximum atomic E-state index is 12.1. The van der Waals surface area contributed by atoms with E-state index in [1.165, 1.54) is 0 Å². The van der Waals surface area contributed by atoms with Crippen LogP contribution in [-0.4, -0.2) is 22.9 Å². The lowest BCUT2D eigenvalue weighted by Gasteiger charge is -2.09. The molecule has 1 unspecified atom stereocenters. The molecule has 1 fully saturated rings. The SMILES string of the molecule is FC(F)(F)Cc1noc(C2CCCCCN2)n1. The maximum Gasteiger partial charge on any atom is 0.396 e. The van der Waals surface area contributed by atoms with Gasteiger partial charge in [0.05, 0.1) is 6.04 Å². The summed E-state index contributed by atoms with van der Waals surface area (Å²) in [5.74, 6) is -0.0234. The third kappa shape index (κ3) is 3.69. The fourth-order valence-electron chi connectivity index (χ4n) is 1.90. The van der Waals surface area contributed by atoms with Crippen molar-refractivity contribution in [3.05, 3.63) is 11.7 Å². The Balaban J connectivity index is 2.01. The molecule has 0 aromatic carbocycles. The Labute approximate surface area is 96.6 Å². The molecule has 2 rings (SSSR count). The summed E-state index contributed by atoms with van der Waals surface area (Å²) in [6, 6.07) is -0.105. The first-order valence-electron chi connectivity index (χ1n) is 5.67. The molecule has 0 spiro atoms. The van der Waals surface area contributed by atoms with Gasteiger partial charge in [0, 0.05) is 0 Å². The van der Waals surface area contributed by atoms with E-state index in [9.17, 15) is 13.2 Å². The lowest BCUT2D eigenvalue weighted by molar-refractivity contribution is -0.128. The van der Waals surface area contributed by atoms with Crippen LogP contribution >= 0.6 is 0 Å². The van der Waals surface area contributed by atoms with Gasteiger partial charge in [-0.25, -0.2) is 0 Å². The Morgan fingerprint density at radius 3 is 2.88 bits per heavy atom. The predicted molar refractivity (Wildman–Crippen MR) is 53.3 cm³/mol. The first-order chi connectivity index (χ1) is 8.04. The molecule has 7 heteroatoms. The molecule has 1 atom stereocenters. The van der Waals surface area contributed by atoms with Crippen LogP contribution in [0.1, 0.15) is 43.4 Å². The van der Waals surface area contributed by atoms with Gasteiger partial charge in [-0.15, -0.1) is 0 Å². The molecular weight excluding hydrogens is 235 g/mol. The number of aromatic nitrogens is 2. The van der Waals surface area contributed by atoms with Crippen molar-refractivity contribution in [1.82, 2.24) is 15.5 Å². The van der Waals surface area contributed by atoms with Gasteiger partial charge in [0.2, 0.25) is 5.89 Å². The van der Waals surface area contributed by atoms with E-state index >= 15 is 0 Å². The lowest BCUT2D eigenvalue weighted by Crippen LogP contribution is -2.20. The summed E-state index contributed by atoms with van der Waals surface area (Å²) in [7, 11) is 0. The van der Waals surface area contributed by atoms with E-state index in [4.69, 9.17) is 4.52 Å². The summed E-state index contributed by atoms with van der Waals surface area (Å²) < 4.78 is 41.2. The minimum Gasteiger partial charge on any atom is -0.338 e. The van der Waals surface area contributed by atoms with Crippen LogP contribution in [0.4, 0.5) is 13.2 Å². The zero-order chi connectivity index (χ0) is 12.3. The molecule has 1 N–H and O–H groups in total. The molecular formula is C10H14F3N3O. The summed E-state index contributed by atoms with van der Waals surface area (Å²) in [4.78, 5) is 3.80. The van der Waals surface area contributed by atoms with Gasteiger partial charge in [-0.05, 0) is 19.4 Å². The first-order valence-corrected chi connectivity index (χ1v) is 5.67. The van der Waals surface area contributed by atoms with Crippen molar-refractivity contribution in [3.8, 4) is 0 Å². The maximum absolute atomic E-state index is 12.1. The highest BCUT2D eigenvalue weighted by molar-refractivity contribution is 4.95. The van der Waals surface area contributed by atoms with Gasteiger partial charge in [0.25, 0.3) is 0 Å². The Morgan fingerprint density at radius 2 is 2.12 bits per heavy atom. The van der Waals surface area contributed by atoms with Gasteiger partial charge in [-0.1, -0.05) is 18.0 Å². The molecule has 0 amide bonds. The van der Waals surface area contributed by atoms with Crippen molar-refractivity contribution in [1.29, 1.82) is 0 Å². The molecule has 0 saturated carbocycles. The topological polar surface area (TPSA) is 51.0 Å². The number of hydrogen-bond acceptors (Lipinski definition) is 4. The normalized spacial score (nSPS) is 22.4. The van der Waals surface area contributed by atoms with Gasteiger partial charge in [-0.3, -0.25) is 0 Å². The number of nitrogens with one attached hydrogen (secondary N) is 1. The Hall–Kier alpha value is -1.11. The molecule has 1 aliphatic rings. The van der Waals surface area contributed by atoms with Gasteiger partial charge >= 0.3 is 6.18 Å². The average Bonchev–Trinajstić information content (AvgIpc) is 2.52. The zero-order valence-corrected chi connectivity index (χ0v) is 9.26. The largest absolute Gasteiger partial charge is 0.396 e. The molecule has 1 aliphatic heterocycles. The number of hydrogen-bond donors (Lipinski definition) is 1. The van der Waals surface area contributed by atoms with E-state index in [0.717, 1.165) is 32.2 Å². The average molecular weight is 249 g/mol. The van der Waals surface area contributed by atoms with Gasteiger partial charge in [-0.2, -0.15) is 18.2 Å².